The number of nitrogens with two attached hydrogens (primary N) is 1. The lowest BCUT2D eigenvalue weighted by atomic mass is 10.2. The summed E-state index contributed by atoms with van der Waals surface area (Å²) in [5.41, 5.74) is 5.18. The molecule has 0 aliphatic rings. The molecule has 0 bridgehead atoms. The first-order chi connectivity index (χ1) is 11.8. The third kappa shape index (κ3) is 7.60. The normalized spacial score (nSPS) is 12.2. The Morgan fingerprint density at radius 1 is 1.24 bits per heavy atom. The molecule has 0 unspecified atom stereocenters. The fraction of sp³-hybridized carbons (Fsp3) is 0.667. The number of nitrogens with zero attached hydrogens (tertiary/aromatic N) is 2. The zero-order valence-corrected chi connectivity index (χ0v) is 16.1. The first-order valence-electron chi connectivity index (χ1n) is 9.01. The average Bonchev–Trinajstić information content (AvgIpc) is 3.00. The average molecular weight is 351 g/mol. The number of hydrogen-bond donors (Lipinski definition) is 3. The van der Waals surface area contributed by atoms with Crippen molar-refractivity contribution in [1.29, 1.82) is 0 Å². The maximum Gasteiger partial charge on any atom is 0.284 e. The molecule has 0 aliphatic carbocycles. The fourth-order valence-corrected chi connectivity index (χ4v) is 2.68. The first-order valence-corrected chi connectivity index (χ1v) is 9.01. The van der Waals surface area contributed by atoms with Gasteiger partial charge in [0.25, 0.3) is 5.91 Å². The Morgan fingerprint density at radius 3 is 2.44 bits per heavy atom. The van der Waals surface area contributed by atoms with Crippen molar-refractivity contribution in [1.82, 2.24) is 15.5 Å². The molecule has 0 atom stereocenters. The van der Waals surface area contributed by atoms with Gasteiger partial charge in [-0.25, -0.2) is 4.99 Å². The van der Waals surface area contributed by atoms with Crippen LogP contribution >= 0.6 is 0 Å². The summed E-state index contributed by atoms with van der Waals surface area (Å²) in [5.74, 6) is 0.933. The van der Waals surface area contributed by atoms with E-state index in [0.717, 1.165) is 32.0 Å². The Balaban J connectivity index is 2.48. The smallest absolute Gasteiger partial charge is 0.284 e. The van der Waals surface area contributed by atoms with Gasteiger partial charge in [0.1, 0.15) is 12.3 Å². The molecule has 1 heterocycles. The topological polar surface area (TPSA) is 95.9 Å². The molecular formula is C18H33N5O2. The standard InChI is InChI=1S/C18H33N5O2/c1-6-20-18(21-10-7-11-23(13(2)3)14(4)5)22-12-15-8-9-16(25-15)17(19)24/h8-9,13-14H,6-7,10-12H2,1-5H3,(H2,19,24)(H2,20,21,22). The van der Waals surface area contributed by atoms with Gasteiger partial charge in [-0.3, -0.25) is 9.69 Å². The lowest BCUT2D eigenvalue weighted by molar-refractivity contribution is 0.0972. The number of carbonyl (C=O) groups is 1. The number of primary amides is 1. The van der Waals surface area contributed by atoms with Crippen molar-refractivity contribution in [3.8, 4) is 0 Å². The second-order valence-corrected chi connectivity index (χ2v) is 6.53. The minimum atomic E-state index is -0.569. The van der Waals surface area contributed by atoms with Crippen molar-refractivity contribution >= 4 is 11.9 Å². The molecule has 1 aromatic heterocycles. The number of nitrogens with one attached hydrogen (secondary N) is 2. The molecule has 7 heteroatoms. The summed E-state index contributed by atoms with van der Waals surface area (Å²) in [7, 11) is 0. The van der Waals surface area contributed by atoms with E-state index in [1.54, 1.807) is 12.1 Å². The quantitative estimate of drug-likeness (QED) is 0.340. The van der Waals surface area contributed by atoms with Crippen molar-refractivity contribution < 1.29 is 9.21 Å². The SMILES string of the molecule is CCNC(=NCc1ccc(C(N)=O)o1)NCCCN(C(C)C)C(C)C. The summed E-state index contributed by atoms with van der Waals surface area (Å²) < 4.78 is 5.34. The van der Waals surface area contributed by atoms with Crippen LogP contribution in [-0.2, 0) is 6.54 Å². The molecule has 0 spiro atoms. The van der Waals surface area contributed by atoms with Gasteiger partial charge in [0.05, 0.1) is 0 Å². The van der Waals surface area contributed by atoms with Crippen molar-refractivity contribution in [2.45, 2.75) is 59.7 Å². The minimum Gasteiger partial charge on any atom is -0.454 e. The van der Waals surface area contributed by atoms with E-state index in [9.17, 15) is 4.79 Å². The van der Waals surface area contributed by atoms with Gasteiger partial charge in [0, 0.05) is 31.7 Å². The molecule has 25 heavy (non-hydrogen) atoms. The van der Waals surface area contributed by atoms with Crippen LogP contribution in [0, 0.1) is 0 Å². The van der Waals surface area contributed by atoms with Crippen LogP contribution in [0.15, 0.2) is 21.5 Å². The molecule has 0 radical (unpaired) electrons. The van der Waals surface area contributed by atoms with Crippen LogP contribution in [0.2, 0.25) is 0 Å². The molecule has 0 aromatic carbocycles. The summed E-state index contributed by atoms with van der Waals surface area (Å²) >= 11 is 0. The van der Waals surface area contributed by atoms with E-state index in [1.807, 2.05) is 6.92 Å². The van der Waals surface area contributed by atoms with Gasteiger partial charge in [-0.05, 0) is 53.2 Å². The van der Waals surface area contributed by atoms with Crippen LogP contribution in [0.5, 0.6) is 0 Å². The second-order valence-electron chi connectivity index (χ2n) is 6.53. The van der Waals surface area contributed by atoms with Crippen LogP contribution in [0.1, 0.15) is 57.4 Å². The summed E-state index contributed by atoms with van der Waals surface area (Å²) in [4.78, 5) is 18.0. The van der Waals surface area contributed by atoms with E-state index in [-0.39, 0.29) is 5.76 Å². The Bertz CT molecular complexity index is 543. The second kappa shape index (κ2) is 10.8. The molecule has 142 valence electrons. The highest BCUT2D eigenvalue weighted by Gasteiger charge is 2.12. The molecule has 1 rings (SSSR count). The lowest BCUT2D eigenvalue weighted by Crippen LogP contribution is -2.41. The Labute approximate surface area is 151 Å². The largest absolute Gasteiger partial charge is 0.454 e. The van der Waals surface area contributed by atoms with E-state index in [2.05, 4.69) is 48.2 Å². The van der Waals surface area contributed by atoms with Gasteiger partial charge in [0.2, 0.25) is 0 Å². The maximum atomic E-state index is 11.0. The Morgan fingerprint density at radius 2 is 1.92 bits per heavy atom. The van der Waals surface area contributed by atoms with Gasteiger partial charge in [-0.2, -0.15) is 0 Å². The molecule has 0 saturated heterocycles. The molecule has 7 nitrogen and oxygen atoms in total. The van der Waals surface area contributed by atoms with Crippen LogP contribution in [0.25, 0.3) is 0 Å². The number of furan rings is 1. The molecular weight excluding hydrogens is 318 g/mol. The van der Waals surface area contributed by atoms with Crippen LogP contribution in [0.4, 0.5) is 0 Å². The Kier molecular flexibility index (Phi) is 9.05. The van der Waals surface area contributed by atoms with Gasteiger partial charge in [-0.15, -0.1) is 0 Å². The molecule has 0 saturated carbocycles. The summed E-state index contributed by atoms with van der Waals surface area (Å²) in [6.45, 7) is 13.9. The first kappa shape index (κ1) is 21.0. The van der Waals surface area contributed by atoms with Gasteiger partial charge in [-0.1, -0.05) is 0 Å². The van der Waals surface area contributed by atoms with Crippen LogP contribution in [0.3, 0.4) is 0 Å². The summed E-state index contributed by atoms with van der Waals surface area (Å²) in [5, 5.41) is 6.54. The summed E-state index contributed by atoms with van der Waals surface area (Å²) in [6.07, 6.45) is 1.04. The molecule has 0 fully saturated rings. The predicted molar refractivity (Wildman–Crippen MR) is 102 cm³/mol. The number of hydrogen-bond acceptors (Lipinski definition) is 4. The molecule has 1 amide bonds. The van der Waals surface area contributed by atoms with Crippen LogP contribution in [-0.4, -0.2) is 48.5 Å². The molecule has 1 aromatic rings. The Hall–Kier alpha value is -2.02. The number of amides is 1. The van der Waals surface area contributed by atoms with E-state index in [0.29, 0.717) is 24.4 Å². The maximum absolute atomic E-state index is 11.0. The predicted octanol–water partition coefficient (Wildman–Crippen LogP) is 1.94. The highest BCUT2D eigenvalue weighted by atomic mass is 16.3. The van der Waals surface area contributed by atoms with Gasteiger partial charge in [0.15, 0.2) is 11.7 Å². The van der Waals surface area contributed by atoms with Gasteiger partial charge < -0.3 is 20.8 Å². The highest BCUT2D eigenvalue weighted by molar-refractivity contribution is 5.89. The fourth-order valence-electron chi connectivity index (χ4n) is 2.68. The van der Waals surface area contributed by atoms with Crippen molar-refractivity contribution in [2.75, 3.05) is 19.6 Å². The van der Waals surface area contributed by atoms with E-state index >= 15 is 0 Å². The lowest BCUT2D eigenvalue weighted by Gasteiger charge is -2.30. The highest BCUT2D eigenvalue weighted by Crippen LogP contribution is 2.08. The van der Waals surface area contributed by atoms with Crippen LogP contribution < -0.4 is 16.4 Å². The zero-order valence-electron chi connectivity index (χ0n) is 16.1. The number of carbonyl (C=O) groups excluding carboxylic acids is 1. The monoisotopic (exact) mass is 351 g/mol. The van der Waals surface area contributed by atoms with E-state index in [4.69, 9.17) is 10.2 Å². The molecule has 4 N–H and O–H groups in total. The molecule has 0 aliphatic heterocycles. The van der Waals surface area contributed by atoms with Crippen molar-refractivity contribution in [3.63, 3.8) is 0 Å². The van der Waals surface area contributed by atoms with Gasteiger partial charge >= 0.3 is 0 Å². The third-order valence-corrected chi connectivity index (χ3v) is 3.85. The zero-order chi connectivity index (χ0) is 18.8. The number of rotatable bonds is 10. The van der Waals surface area contributed by atoms with E-state index < -0.39 is 5.91 Å². The minimum absolute atomic E-state index is 0.158. The number of guanidine groups is 1. The van der Waals surface area contributed by atoms with Crippen molar-refractivity contribution in [3.05, 3.63) is 23.7 Å². The summed E-state index contributed by atoms with van der Waals surface area (Å²) in [6, 6.07) is 4.37. The van der Waals surface area contributed by atoms with Crippen molar-refractivity contribution in [2.24, 2.45) is 10.7 Å². The van der Waals surface area contributed by atoms with E-state index in [1.165, 1.54) is 0 Å². The third-order valence-electron chi connectivity index (χ3n) is 3.85. The number of aliphatic imine (C=N–C) groups is 1.